The fourth-order valence-corrected chi connectivity index (χ4v) is 2.95. The molecule has 0 saturated carbocycles. The number of aromatic nitrogens is 4. The fourth-order valence-electron chi connectivity index (χ4n) is 2.95. The molecule has 2 heterocycles. The van der Waals surface area contributed by atoms with E-state index in [0.29, 0.717) is 13.0 Å². The van der Waals surface area contributed by atoms with Crippen LogP contribution in [0.25, 0.3) is 10.9 Å². The number of hydrogen-bond acceptors (Lipinski definition) is 3. The zero-order chi connectivity index (χ0) is 16.9. The molecule has 0 radical (unpaired) electrons. The van der Waals surface area contributed by atoms with Crippen LogP contribution in [0.4, 0.5) is 0 Å². The van der Waals surface area contributed by atoms with Crippen LogP contribution in [0, 0.1) is 6.92 Å². The van der Waals surface area contributed by atoms with Crippen molar-refractivity contribution in [2.24, 2.45) is 0 Å². The molecule has 6 heteroatoms. The second kappa shape index (κ2) is 7.29. The van der Waals surface area contributed by atoms with Crippen molar-refractivity contribution in [3.63, 3.8) is 0 Å². The van der Waals surface area contributed by atoms with Gasteiger partial charge in [0.05, 0.1) is 0 Å². The molecular weight excluding hydrogens is 302 g/mol. The summed E-state index contributed by atoms with van der Waals surface area (Å²) in [6, 6.07) is 10.5. The first-order chi connectivity index (χ1) is 11.6. The highest BCUT2D eigenvalue weighted by molar-refractivity contribution is 5.81. The molecule has 3 aromatic rings. The summed E-state index contributed by atoms with van der Waals surface area (Å²) in [7, 11) is 1.87. The topological polar surface area (TPSA) is 56.0 Å². The highest BCUT2D eigenvalue weighted by Gasteiger charge is 2.10. The van der Waals surface area contributed by atoms with Crippen LogP contribution in [0.1, 0.15) is 18.5 Å². The second-order valence-corrected chi connectivity index (χ2v) is 6.07. The lowest BCUT2D eigenvalue weighted by molar-refractivity contribution is -0.130. The number of fused-ring (bicyclic) bond motifs is 1. The van der Waals surface area contributed by atoms with Gasteiger partial charge in [0, 0.05) is 44.3 Å². The zero-order valence-corrected chi connectivity index (χ0v) is 14.2. The first kappa shape index (κ1) is 16.2. The third-order valence-corrected chi connectivity index (χ3v) is 4.35. The summed E-state index contributed by atoms with van der Waals surface area (Å²) in [5.74, 6) is 0.171. The van der Waals surface area contributed by atoms with Crippen molar-refractivity contribution >= 4 is 16.8 Å². The van der Waals surface area contributed by atoms with Gasteiger partial charge >= 0.3 is 0 Å². The smallest absolute Gasteiger partial charge is 0.222 e. The maximum absolute atomic E-state index is 12.3. The second-order valence-electron chi connectivity index (χ2n) is 6.07. The molecule has 6 nitrogen and oxygen atoms in total. The summed E-state index contributed by atoms with van der Waals surface area (Å²) < 4.78 is 4.02. The van der Waals surface area contributed by atoms with E-state index in [0.717, 1.165) is 19.5 Å². The highest BCUT2D eigenvalue weighted by atomic mass is 16.2. The summed E-state index contributed by atoms with van der Waals surface area (Å²) in [6.07, 6.45) is 4.49. The van der Waals surface area contributed by atoms with Crippen LogP contribution in [0.3, 0.4) is 0 Å². The Kier molecular flexibility index (Phi) is 4.93. The van der Waals surface area contributed by atoms with Crippen LogP contribution in [0.2, 0.25) is 0 Å². The molecule has 0 N–H and O–H groups in total. The molecule has 1 amide bonds. The van der Waals surface area contributed by atoms with Crippen molar-refractivity contribution in [3.05, 3.63) is 48.7 Å². The zero-order valence-electron chi connectivity index (χ0n) is 14.2. The number of para-hydroxylation sites is 1. The van der Waals surface area contributed by atoms with Gasteiger partial charge in [-0.3, -0.25) is 9.48 Å². The van der Waals surface area contributed by atoms with Gasteiger partial charge in [0.2, 0.25) is 5.91 Å². The van der Waals surface area contributed by atoms with Crippen LogP contribution in [-0.4, -0.2) is 43.7 Å². The number of carbonyl (C=O) groups excluding carboxylic acids is 1. The molecule has 0 saturated heterocycles. The Morgan fingerprint density at radius 1 is 1.25 bits per heavy atom. The van der Waals surface area contributed by atoms with Crippen molar-refractivity contribution in [2.75, 3.05) is 13.6 Å². The quantitative estimate of drug-likeness (QED) is 0.670. The summed E-state index contributed by atoms with van der Waals surface area (Å²) in [5.41, 5.74) is 2.45. The van der Waals surface area contributed by atoms with Gasteiger partial charge in [0.1, 0.15) is 12.7 Å². The standard InChI is InChI=1S/C18H23N5O/c1-15-12-16-6-3-4-7-17(16)23(15)11-10-21(2)18(24)8-5-9-22-14-19-13-20-22/h3-4,6-7,12-14H,5,8-11H2,1-2H3. The van der Waals surface area contributed by atoms with Crippen LogP contribution in [0.15, 0.2) is 43.0 Å². The number of rotatable bonds is 7. The average molecular weight is 325 g/mol. The van der Waals surface area contributed by atoms with Gasteiger partial charge in [-0.2, -0.15) is 5.10 Å². The maximum atomic E-state index is 12.3. The minimum Gasteiger partial charge on any atom is -0.344 e. The minimum absolute atomic E-state index is 0.171. The van der Waals surface area contributed by atoms with Gasteiger partial charge in [-0.05, 0) is 30.9 Å². The molecule has 0 aliphatic rings. The van der Waals surface area contributed by atoms with E-state index in [9.17, 15) is 4.79 Å². The van der Waals surface area contributed by atoms with Crippen molar-refractivity contribution in [1.82, 2.24) is 24.2 Å². The molecule has 0 aliphatic heterocycles. The van der Waals surface area contributed by atoms with E-state index in [1.807, 2.05) is 11.9 Å². The van der Waals surface area contributed by atoms with Crippen LogP contribution >= 0.6 is 0 Å². The third-order valence-electron chi connectivity index (χ3n) is 4.35. The summed E-state index contributed by atoms with van der Waals surface area (Å²) in [5, 5.41) is 5.29. The van der Waals surface area contributed by atoms with E-state index in [1.165, 1.54) is 22.9 Å². The number of nitrogens with zero attached hydrogens (tertiary/aromatic N) is 5. The SMILES string of the molecule is Cc1cc2ccccc2n1CCN(C)C(=O)CCCn1cncn1. The van der Waals surface area contributed by atoms with Gasteiger partial charge in [-0.15, -0.1) is 0 Å². The Bertz CT molecular complexity index is 806. The average Bonchev–Trinajstić information content (AvgIpc) is 3.19. The van der Waals surface area contributed by atoms with Crippen molar-refractivity contribution in [3.8, 4) is 0 Å². The summed E-state index contributed by atoms with van der Waals surface area (Å²) in [6.45, 7) is 4.35. The predicted molar refractivity (Wildman–Crippen MR) is 93.6 cm³/mol. The van der Waals surface area contributed by atoms with Gasteiger partial charge in [0.15, 0.2) is 0 Å². The number of carbonyl (C=O) groups is 1. The van der Waals surface area contributed by atoms with Crippen LogP contribution < -0.4 is 0 Å². The fraction of sp³-hybridized carbons (Fsp3) is 0.389. The Balaban J connectivity index is 1.51. The Morgan fingerprint density at radius 2 is 2.08 bits per heavy atom. The molecule has 126 valence electrons. The van der Waals surface area contributed by atoms with Crippen LogP contribution in [0.5, 0.6) is 0 Å². The van der Waals surface area contributed by atoms with Crippen molar-refractivity contribution < 1.29 is 4.79 Å². The van der Waals surface area contributed by atoms with Crippen molar-refractivity contribution in [1.29, 1.82) is 0 Å². The molecule has 3 rings (SSSR count). The molecule has 0 fully saturated rings. The third kappa shape index (κ3) is 3.64. The van der Waals surface area contributed by atoms with E-state index >= 15 is 0 Å². The monoisotopic (exact) mass is 325 g/mol. The van der Waals surface area contributed by atoms with Crippen molar-refractivity contribution in [2.45, 2.75) is 32.9 Å². The summed E-state index contributed by atoms with van der Waals surface area (Å²) in [4.78, 5) is 18.0. The molecular formula is C18H23N5O. The molecule has 0 atom stereocenters. The Hall–Kier alpha value is -2.63. The number of aryl methyl sites for hydroxylation is 2. The number of amides is 1. The normalized spacial score (nSPS) is 11.1. The van der Waals surface area contributed by atoms with E-state index in [-0.39, 0.29) is 5.91 Å². The van der Waals surface area contributed by atoms with E-state index < -0.39 is 0 Å². The van der Waals surface area contributed by atoms with E-state index in [2.05, 4.69) is 51.9 Å². The molecule has 0 aliphatic carbocycles. The van der Waals surface area contributed by atoms with Gasteiger partial charge in [-0.25, -0.2) is 4.98 Å². The first-order valence-electron chi connectivity index (χ1n) is 8.26. The number of likely N-dealkylation sites (N-methyl/N-ethyl adjacent to an activating group) is 1. The van der Waals surface area contributed by atoms with Gasteiger partial charge in [0.25, 0.3) is 0 Å². The minimum atomic E-state index is 0.171. The molecule has 0 unspecified atom stereocenters. The molecule has 24 heavy (non-hydrogen) atoms. The molecule has 2 aromatic heterocycles. The van der Waals surface area contributed by atoms with Crippen LogP contribution in [-0.2, 0) is 17.9 Å². The lowest BCUT2D eigenvalue weighted by Gasteiger charge is -2.18. The molecule has 0 bridgehead atoms. The highest BCUT2D eigenvalue weighted by Crippen LogP contribution is 2.19. The largest absolute Gasteiger partial charge is 0.344 e. The lowest BCUT2D eigenvalue weighted by atomic mass is 10.2. The number of benzene rings is 1. The molecule has 0 spiro atoms. The van der Waals surface area contributed by atoms with Gasteiger partial charge < -0.3 is 9.47 Å². The number of hydrogen-bond donors (Lipinski definition) is 0. The van der Waals surface area contributed by atoms with E-state index in [4.69, 9.17) is 0 Å². The predicted octanol–water partition coefficient (Wildman–Crippen LogP) is 2.48. The first-order valence-corrected chi connectivity index (χ1v) is 8.26. The summed E-state index contributed by atoms with van der Waals surface area (Å²) >= 11 is 0. The molecule has 1 aromatic carbocycles. The van der Waals surface area contributed by atoms with E-state index in [1.54, 1.807) is 11.0 Å². The Labute approximate surface area is 141 Å². The van der Waals surface area contributed by atoms with Gasteiger partial charge in [-0.1, -0.05) is 18.2 Å². The Morgan fingerprint density at radius 3 is 2.88 bits per heavy atom. The lowest BCUT2D eigenvalue weighted by Crippen LogP contribution is -2.30. The maximum Gasteiger partial charge on any atom is 0.222 e.